The average Bonchev–Trinajstić information content (AvgIpc) is 2.67. The number of aryl methyl sites for hydroxylation is 1. The molecule has 0 aromatic heterocycles. The summed E-state index contributed by atoms with van der Waals surface area (Å²) in [6, 6.07) is 18.9. The molecule has 0 unspecified atom stereocenters. The Balaban J connectivity index is 0.00000243. The smallest absolute Gasteiger partial charge is 0.191 e. The largest absolute Gasteiger partial charge is 0.494 e. The van der Waals surface area contributed by atoms with Crippen molar-refractivity contribution in [1.29, 1.82) is 0 Å². The van der Waals surface area contributed by atoms with E-state index in [2.05, 4.69) is 64.2 Å². The maximum atomic E-state index is 5.91. The average molecular weight is 465 g/mol. The first-order valence-electron chi connectivity index (χ1n) is 9.18. The zero-order chi connectivity index (χ0) is 17.2. The van der Waals surface area contributed by atoms with Gasteiger partial charge in [0.25, 0.3) is 0 Å². The summed E-state index contributed by atoms with van der Waals surface area (Å²) in [5.74, 6) is 1.89. The fraction of sp³-hybridized carbons (Fsp3) is 0.381. The van der Waals surface area contributed by atoms with E-state index < -0.39 is 0 Å². The van der Waals surface area contributed by atoms with E-state index in [1.54, 1.807) is 0 Å². The van der Waals surface area contributed by atoms with Gasteiger partial charge in [0.15, 0.2) is 5.96 Å². The second kappa shape index (κ2) is 11.8. The number of benzene rings is 2. The molecule has 2 N–H and O–H groups in total. The third kappa shape index (κ3) is 7.23. The predicted molar refractivity (Wildman–Crippen MR) is 119 cm³/mol. The summed E-state index contributed by atoms with van der Waals surface area (Å²) in [6.07, 6.45) is 4.16. The highest BCUT2D eigenvalue weighted by Gasteiger charge is 2.03. The first kappa shape index (κ1) is 20.6. The van der Waals surface area contributed by atoms with Crippen molar-refractivity contribution >= 4 is 29.9 Å². The van der Waals surface area contributed by atoms with Crippen LogP contribution in [0.5, 0.6) is 5.75 Å². The van der Waals surface area contributed by atoms with Gasteiger partial charge in [0.1, 0.15) is 5.75 Å². The molecule has 0 amide bonds. The molecule has 0 saturated carbocycles. The van der Waals surface area contributed by atoms with Crippen LogP contribution in [0.1, 0.15) is 24.0 Å². The summed E-state index contributed by atoms with van der Waals surface area (Å²) < 4.78 is 5.91. The van der Waals surface area contributed by atoms with Gasteiger partial charge in [-0.2, -0.15) is 0 Å². The van der Waals surface area contributed by atoms with Gasteiger partial charge >= 0.3 is 0 Å². The number of rotatable bonds is 8. The van der Waals surface area contributed by atoms with Gasteiger partial charge < -0.3 is 15.4 Å². The van der Waals surface area contributed by atoms with Crippen molar-refractivity contribution in [3.63, 3.8) is 0 Å². The minimum Gasteiger partial charge on any atom is -0.494 e. The highest BCUT2D eigenvalue weighted by atomic mass is 127. The lowest BCUT2D eigenvalue weighted by atomic mass is 10.1. The summed E-state index contributed by atoms with van der Waals surface area (Å²) in [4.78, 5) is 4.42. The molecule has 0 bridgehead atoms. The molecule has 0 saturated heterocycles. The summed E-state index contributed by atoms with van der Waals surface area (Å²) in [5.41, 5.74) is 2.65. The molecule has 1 aliphatic heterocycles. The monoisotopic (exact) mass is 465 g/mol. The molecule has 2 aromatic carbocycles. The quantitative estimate of drug-likeness (QED) is 0.461. The van der Waals surface area contributed by atoms with E-state index in [0.717, 1.165) is 63.6 Å². The van der Waals surface area contributed by atoms with E-state index in [-0.39, 0.29) is 24.0 Å². The fourth-order valence-corrected chi connectivity index (χ4v) is 2.88. The molecule has 0 spiro atoms. The number of nitrogens with one attached hydrogen (secondary N) is 2. The molecular weight excluding hydrogens is 437 g/mol. The van der Waals surface area contributed by atoms with Gasteiger partial charge in [-0.3, -0.25) is 4.99 Å². The van der Waals surface area contributed by atoms with Crippen LogP contribution in [-0.4, -0.2) is 32.2 Å². The SMILES string of the molecule is I.c1ccc(CCCOc2cccc(CCNC3=NCCCN3)c2)cc1. The van der Waals surface area contributed by atoms with Gasteiger partial charge in [-0.1, -0.05) is 42.5 Å². The lowest BCUT2D eigenvalue weighted by molar-refractivity contribution is 0.310. The fourth-order valence-electron chi connectivity index (χ4n) is 2.88. The van der Waals surface area contributed by atoms with Crippen molar-refractivity contribution < 1.29 is 4.74 Å². The molecule has 1 heterocycles. The van der Waals surface area contributed by atoms with Crippen molar-refractivity contribution in [3.8, 4) is 5.75 Å². The summed E-state index contributed by atoms with van der Waals surface area (Å²) >= 11 is 0. The van der Waals surface area contributed by atoms with E-state index in [9.17, 15) is 0 Å². The Morgan fingerprint density at radius 2 is 1.85 bits per heavy atom. The molecule has 0 radical (unpaired) electrons. The van der Waals surface area contributed by atoms with Crippen LogP contribution in [-0.2, 0) is 12.8 Å². The Morgan fingerprint density at radius 3 is 2.65 bits per heavy atom. The highest BCUT2D eigenvalue weighted by molar-refractivity contribution is 14.0. The molecule has 2 aromatic rings. The van der Waals surface area contributed by atoms with Crippen molar-refractivity contribution in [2.75, 3.05) is 26.2 Å². The molecule has 140 valence electrons. The standard InChI is InChI=1S/C21H27N3O.HI/c1-2-7-18(8-3-1)10-5-16-25-20-11-4-9-19(17-20)12-15-24-21-22-13-6-14-23-21;/h1-4,7-9,11,17H,5-6,10,12-16H2,(H2,22,23,24);1H. The third-order valence-electron chi connectivity index (χ3n) is 4.22. The number of ether oxygens (including phenoxy) is 1. The van der Waals surface area contributed by atoms with E-state index in [1.165, 1.54) is 11.1 Å². The zero-order valence-corrected chi connectivity index (χ0v) is 17.4. The Labute approximate surface area is 173 Å². The van der Waals surface area contributed by atoms with Gasteiger partial charge in [0, 0.05) is 19.6 Å². The van der Waals surface area contributed by atoms with Crippen LogP contribution in [0.2, 0.25) is 0 Å². The van der Waals surface area contributed by atoms with Crippen LogP contribution in [0.3, 0.4) is 0 Å². The molecule has 26 heavy (non-hydrogen) atoms. The number of aliphatic imine (C=N–C) groups is 1. The number of halogens is 1. The van der Waals surface area contributed by atoms with Crippen LogP contribution >= 0.6 is 24.0 Å². The zero-order valence-electron chi connectivity index (χ0n) is 15.1. The lowest BCUT2D eigenvalue weighted by Crippen LogP contribution is -2.41. The van der Waals surface area contributed by atoms with E-state index >= 15 is 0 Å². The predicted octanol–water partition coefficient (Wildman–Crippen LogP) is 3.80. The van der Waals surface area contributed by atoms with E-state index in [4.69, 9.17) is 4.74 Å². The van der Waals surface area contributed by atoms with Gasteiger partial charge in [-0.25, -0.2) is 0 Å². The Kier molecular flexibility index (Phi) is 9.31. The topological polar surface area (TPSA) is 45.6 Å². The second-order valence-electron chi connectivity index (χ2n) is 6.27. The maximum Gasteiger partial charge on any atom is 0.191 e. The lowest BCUT2D eigenvalue weighted by Gasteiger charge is -2.16. The third-order valence-corrected chi connectivity index (χ3v) is 4.22. The Bertz CT molecular complexity index is 676. The molecule has 5 heteroatoms. The van der Waals surface area contributed by atoms with Crippen LogP contribution in [0.15, 0.2) is 59.6 Å². The van der Waals surface area contributed by atoms with Gasteiger partial charge in [-0.05, 0) is 48.9 Å². The summed E-state index contributed by atoms with van der Waals surface area (Å²) in [6.45, 7) is 3.56. The van der Waals surface area contributed by atoms with Crippen LogP contribution in [0, 0.1) is 0 Å². The second-order valence-corrected chi connectivity index (χ2v) is 6.27. The van der Waals surface area contributed by atoms with Crippen LogP contribution in [0.25, 0.3) is 0 Å². The molecule has 1 aliphatic rings. The van der Waals surface area contributed by atoms with E-state index in [1.807, 2.05) is 6.07 Å². The number of hydrogen-bond acceptors (Lipinski definition) is 4. The minimum absolute atomic E-state index is 0. The summed E-state index contributed by atoms with van der Waals surface area (Å²) in [7, 11) is 0. The van der Waals surface area contributed by atoms with Crippen LogP contribution in [0.4, 0.5) is 0 Å². The molecule has 0 fully saturated rings. The number of hydrogen-bond donors (Lipinski definition) is 2. The number of guanidine groups is 1. The van der Waals surface area contributed by atoms with Crippen molar-refractivity contribution in [1.82, 2.24) is 10.6 Å². The Morgan fingerprint density at radius 1 is 1.00 bits per heavy atom. The van der Waals surface area contributed by atoms with Crippen molar-refractivity contribution in [2.45, 2.75) is 25.7 Å². The van der Waals surface area contributed by atoms with Crippen LogP contribution < -0.4 is 15.4 Å². The first-order chi connectivity index (χ1) is 12.4. The van der Waals surface area contributed by atoms with Gasteiger partial charge in [0.2, 0.25) is 0 Å². The molecule has 0 aliphatic carbocycles. The van der Waals surface area contributed by atoms with Crippen molar-refractivity contribution in [2.24, 2.45) is 4.99 Å². The molecule has 3 rings (SSSR count). The van der Waals surface area contributed by atoms with Gasteiger partial charge in [-0.15, -0.1) is 24.0 Å². The molecule has 4 nitrogen and oxygen atoms in total. The molecular formula is C21H28IN3O. The summed E-state index contributed by atoms with van der Waals surface area (Å²) in [5, 5.41) is 6.64. The minimum atomic E-state index is 0. The maximum absolute atomic E-state index is 5.91. The van der Waals surface area contributed by atoms with E-state index in [0.29, 0.717) is 0 Å². The van der Waals surface area contributed by atoms with Crippen molar-refractivity contribution in [3.05, 3.63) is 65.7 Å². The Hall–Kier alpha value is -1.76. The molecule has 0 atom stereocenters. The first-order valence-corrected chi connectivity index (χ1v) is 9.18. The normalized spacial score (nSPS) is 13.2. The highest BCUT2D eigenvalue weighted by Crippen LogP contribution is 2.14. The number of nitrogens with zero attached hydrogens (tertiary/aromatic N) is 1. The van der Waals surface area contributed by atoms with Gasteiger partial charge in [0.05, 0.1) is 6.61 Å².